The highest BCUT2D eigenvalue weighted by Crippen LogP contribution is 2.35. The maximum Gasteiger partial charge on any atom is 0.296 e. The van der Waals surface area contributed by atoms with E-state index in [-0.39, 0.29) is 0 Å². The summed E-state index contributed by atoms with van der Waals surface area (Å²) in [4.78, 5) is 4.52. The number of fused-ring (bicyclic) bond motifs is 3. The molecule has 0 fully saturated rings. The van der Waals surface area contributed by atoms with Crippen LogP contribution in [0, 0.1) is 0 Å². The number of methoxy groups -OCH3 is 2. The molecule has 0 bridgehead atoms. The van der Waals surface area contributed by atoms with Crippen molar-refractivity contribution >= 4 is 37.7 Å². The second-order valence-electron chi connectivity index (χ2n) is 6.17. The van der Waals surface area contributed by atoms with Gasteiger partial charge in [0.1, 0.15) is 0 Å². The van der Waals surface area contributed by atoms with Gasteiger partial charge in [-0.1, -0.05) is 0 Å². The van der Waals surface area contributed by atoms with E-state index in [2.05, 4.69) is 9.71 Å². The molecule has 0 aliphatic carbocycles. The van der Waals surface area contributed by atoms with Gasteiger partial charge >= 0.3 is 0 Å². The van der Waals surface area contributed by atoms with Crippen molar-refractivity contribution in [1.29, 1.82) is 0 Å². The quantitative estimate of drug-likeness (QED) is 0.537. The molecule has 0 unspecified atom stereocenters. The van der Waals surface area contributed by atoms with Crippen LogP contribution >= 0.6 is 0 Å². The highest BCUT2D eigenvalue weighted by Gasteiger charge is 2.13. The van der Waals surface area contributed by atoms with E-state index >= 15 is 0 Å². The smallest absolute Gasteiger partial charge is 0.296 e. The summed E-state index contributed by atoms with van der Waals surface area (Å²) in [6.45, 7) is 0. The van der Waals surface area contributed by atoms with Crippen molar-refractivity contribution in [2.45, 2.75) is 0 Å². The lowest BCUT2D eigenvalue weighted by atomic mass is 10.1. The molecule has 0 spiro atoms. The van der Waals surface area contributed by atoms with Gasteiger partial charge in [-0.05, 0) is 36.4 Å². The van der Waals surface area contributed by atoms with E-state index in [1.165, 1.54) is 0 Å². The third-order valence-corrected chi connectivity index (χ3v) is 4.94. The standard InChI is InChI=1S/C19H18N4O4S/c1-26-17-9-15-16(10-18(17)27-2)21-11-12-7-8-23(19(12)15)14-5-3-13(4-6-14)22-28(20,24)25/h3-11,22H,1-2H3,(H2,20,24,25). The number of nitrogens with one attached hydrogen (secondary N) is 1. The van der Waals surface area contributed by atoms with E-state index < -0.39 is 10.2 Å². The molecule has 144 valence electrons. The number of benzene rings is 2. The first kappa shape index (κ1) is 18.1. The molecule has 0 atom stereocenters. The number of ether oxygens (including phenoxy) is 2. The zero-order chi connectivity index (χ0) is 19.9. The molecule has 0 radical (unpaired) electrons. The Hall–Kier alpha value is -3.30. The van der Waals surface area contributed by atoms with Crippen LogP contribution in [0.2, 0.25) is 0 Å². The lowest BCUT2D eigenvalue weighted by Crippen LogP contribution is -2.21. The largest absolute Gasteiger partial charge is 0.493 e. The Balaban J connectivity index is 1.89. The molecule has 9 heteroatoms. The summed E-state index contributed by atoms with van der Waals surface area (Å²) in [6, 6.07) is 12.6. The average molecular weight is 398 g/mol. The number of hydrogen-bond acceptors (Lipinski definition) is 5. The number of anilines is 1. The fraction of sp³-hybridized carbons (Fsp3) is 0.105. The molecule has 0 saturated heterocycles. The van der Waals surface area contributed by atoms with Gasteiger partial charge in [0, 0.05) is 40.6 Å². The van der Waals surface area contributed by atoms with Crippen LogP contribution in [0.5, 0.6) is 11.5 Å². The topological polar surface area (TPSA) is 108 Å². The number of pyridine rings is 1. The van der Waals surface area contributed by atoms with Crippen LogP contribution in [-0.4, -0.2) is 32.2 Å². The Morgan fingerprint density at radius 2 is 1.71 bits per heavy atom. The lowest BCUT2D eigenvalue weighted by molar-refractivity contribution is 0.356. The minimum Gasteiger partial charge on any atom is -0.493 e. The van der Waals surface area contributed by atoms with E-state index in [1.807, 2.05) is 29.0 Å². The summed E-state index contributed by atoms with van der Waals surface area (Å²) in [5.74, 6) is 1.23. The molecule has 4 aromatic rings. The van der Waals surface area contributed by atoms with Gasteiger partial charge in [-0.3, -0.25) is 9.71 Å². The van der Waals surface area contributed by atoms with E-state index in [0.29, 0.717) is 17.2 Å². The summed E-state index contributed by atoms with van der Waals surface area (Å²) >= 11 is 0. The minimum absolute atomic E-state index is 0.389. The Morgan fingerprint density at radius 3 is 2.36 bits per heavy atom. The molecule has 0 aliphatic heterocycles. The van der Waals surface area contributed by atoms with Gasteiger partial charge in [-0.2, -0.15) is 8.42 Å². The number of nitrogens with zero attached hydrogens (tertiary/aromatic N) is 2. The number of hydrogen-bond donors (Lipinski definition) is 2. The monoisotopic (exact) mass is 398 g/mol. The van der Waals surface area contributed by atoms with Crippen LogP contribution in [0.3, 0.4) is 0 Å². The Bertz CT molecular complexity index is 1280. The van der Waals surface area contributed by atoms with E-state index in [1.54, 1.807) is 44.7 Å². The number of aromatic nitrogens is 2. The second kappa shape index (κ2) is 6.70. The molecule has 2 aromatic heterocycles. The van der Waals surface area contributed by atoms with Crippen LogP contribution in [0.1, 0.15) is 0 Å². The van der Waals surface area contributed by atoms with Crippen molar-refractivity contribution in [3.05, 3.63) is 54.9 Å². The Kier molecular flexibility index (Phi) is 4.33. The summed E-state index contributed by atoms with van der Waals surface area (Å²) in [5, 5.41) is 6.89. The van der Waals surface area contributed by atoms with Gasteiger partial charge < -0.3 is 14.0 Å². The van der Waals surface area contributed by atoms with Gasteiger partial charge in [0.15, 0.2) is 11.5 Å². The molecule has 0 saturated carbocycles. The molecular formula is C19H18N4O4S. The second-order valence-corrected chi connectivity index (χ2v) is 7.46. The zero-order valence-corrected chi connectivity index (χ0v) is 16.0. The maximum atomic E-state index is 11.2. The van der Waals surface area contributed by atoms with Crippen molar-refractivity contribution < 1.29 is 17.9 Å². The first-order chi connectivity index (χ1) is 13.4. The van der Waals surface area contributed by atoms with E-state index in [9.17, 15) is 8.42 Å². The molecular weight excluding hydrogens is 380 g/mol. The van der Waals surface area contributed by atoms with E-state index in [4.69, 9.17) is 14.6 Å². The van der Waals surface area contributed by atoms with Crippen molar-refractivity contribution in [2.75, 3.05) is 18.9 Å². The fourth-order valence-electron chi connectivity index (χ4n) is 3.21. The van der Waals surface area contributed by atoms with Gasteiger partial charge in [0.05, 0.1) is 25.3 Å². The van der Waals surface area contributed by atoms with Crippen molar-refractivity contribution in [3.8, 4) is 17.2 Å². The molecule has 2 aromatic carbocycles. The zero-order valence-electron chi connectivity index (χ0n) is 15.2. The molecule has 8 nitrogen and oxygen atoms in total. The normalized spacial score (nSPS) is 11.7. The predicted molar refractivity (Wildman–Crippen MR) is 108 cm³/mol. The summed E-state index contributed by atoms with van der Waals surface area (Å²) in [5.41, 5.74) is 2.98. The Labute approximate surface area is 161 Å². The fourth-order valence-corrected chi connectivity index (χ4v) is 3.67. The predicted octanol–water partition coefficient (Wildman–Crippen LogP) is 2.81. The Morgan fingerprint density at radius 1 is 1.04 bits per heavy atom. The molecule has 28 heavy (non-hydrogen) atoms. The molecule has 4 rings (SSSR count). The summed E-state index contributed by atoms with van der Waals surface area (Å²) in [6.07, 6.45) is 3.74. The molecule has 0 aliphatic rings. The third-order valence-electron chi connectivity index (χ3n) is 4.42. The van der Waals surface area contributed by atoms with Gasteiger partial charge in [0.2, 0.25) is 0 Å². The first-order valence-corrected chi connectivity index (χ1v) is 9.87. The van der Waals surface area contributed by atoms with Crippen LogP contribution in [0.25, 0.3) is 27.5 Å². The number of rotatable bonds is 5. The van der Waals surface area contributed by atoms with Gasteiger partial charge in [-0.15, -0.1) is 0 Å². The summed E-state index contributed by atoms with van der Waals surface area (Å²) < 4.78 is 37.4. The molecule has 0 amide bonds. The maximum absolute atomic E-state index is 11.2. The van der Waals surface area contributed by atoms with E-state index in [0.717, 1.165) is 27.5 Å². The summed E-state index contributed by atoms with van der Waals surface area (Å²) in [7, 11) is -0.636. The van der Waals surface area contributed by atoms with Crippen LogP contribution in [0.15, 0.2) is 54.9 Å². The third kappa shape index (κ3) is 3.21. The molecule has 2 heterocycles. The number of nitrogens with two attached hydrogens (primary N) is 1. The van der Waals surface area contributed by atoms with Crippen molar-refractivity contribution in [2.24, 2.45) is 5.14 Å². The SMILES string of the molecule is COc1cc2ncc3ccn(-c4ccc(NS(N)(=O)=O)cc4)c3c2cc1OC. The van der Waals surface area contributed by atoms with Crippen LogP contribution < -0.4 is 19.3 Å². The highest BCUT2D eigenvalue weighted by molar-refractivity contribution is 7.90. The minimum atomic E-state index is -3.81. The van der Waals surface area contributed by atoms with Gasteiger partial charge in [-0.25, -0.2) is 5.14 Å². The van der Waals surface area contributed by atoms with Crippen molar-refractivity contribution in [1.82, 2.24) is 9.55 Å². The van der Waals surface area contributed by atoms with Crippen LogP contribution in [0.4, 0.5) is 5.69 Å². The average Bonchev–Trinajstić information content (AvgIpc) is 3.10. The van der Waals surface area contributed by atoms with Crippen molar-refractivity contribution in [3.63, 3.8) is 0 Å². The first-order valence-electron chi connectivity index (χ1n) is 8.32. The van der Waals surface area contributed by atoms with Crippen LogP contribution in [-0.2, 0) is 10.2 Å². The lowest BCUT2D eigenvalue weighted by Gasteiger charge is -2.12. The van der Waals surface area contributed by atoms with Gasteiger partial charge in [0.25, 0.3) is 10.2 Å². The molecule has 3 N–H and O–H groups in total. The highest BCUT2D eigenvalue weighted by atomic mass is 32.2.